The first-order chi connectivity index (χ1) is 11.1. The minimum Gasteiger partial charge on any atom is -0.481 e. The van der Waals surface area contributed by atoms with Gasteiger partial charge in [-0.25, -0.2) is 0 Å². The van der Waals surface area contributed by atoms with Crippen LogP contribution in [0.1, 0.15) is 24.8 Å². The van der Waals surface area contributed by atoms with Crippen LogP contribution in [-0.4, -0.2) is 35.0 Å². The lowest BCUT2D eigenvalue weighted by atomic mass is 9.86. The van der Waals surface area contributed by atoms with Gasteiger partial charge in [-0.05, 0) is 36.7 Å². The van der Waals surface area contributed by atoms with Crippen molar-refractivity contribution in [3.8, 4) is 0 Å². The molecule has 0 bridgehead atoms. The second kappa shape index (κ2) is 6.99. The smallest absolute Gasteiger partial charge is 0.307 e. The Kier molecular flexibility index (Phi) is 4.79. The molecule has 2 aliphatic rings. The fraction of sp³-hybridized carbons (Fsp3) is 0.474. The Morgan fingerprint density at radius 3 is 2.26 bits per heavy atom. The molecule has 1 saturated heterocycles. The number of carboxylic acids is 1. The lowest BCUT2D eigenvalue weighted by molar-refractivity contribution is -0.145. The molecule has 1 N–H and O–H groups in total. The topological polar surface area (TPSA) is 57.6 Å². The van der Waals surface area contributed by atoms with Gasteiger partial charge in [0, 0.05) is 19.5 Å². The predicted molar refractivity (Wildman–Crippen MR) is 87.8 cm³/mol. The van der Waals surface area contributed by atoms with E-state index in [1.54, 1.807) is 0 Å². The van der Waals surface area contributed by atoms with Crippen molar-refractivity contribution >= 4 is 11.9 Å². The third kappa shape index (κ3) is 3.81. The first kappa shape index (κ1) is 15.8. The molecule has 0 aromatic heterocycles. The van der Waals surface area contributed by atoms with Gasteiger partial charge in [-0.2, -0.15) is 0 Å². The first-order valence-corrected chi connectivity index (χ1v) is 8.33. The number of aliphatic carboxylic acids is 1. The summed E-state index contributed by atoms with van der Waals surface area (Å²) in [5.41, 5.74) is 0.965. The lowest BCUT2D eigenvalue weighted by Crippen LogP contribution is -2.33. The quantitative estimate of drug-likeness (QED) is 0.850. The van der Waals surface area contributed by atoms with E-state index in [1.807, 2.05) is 35.2 Å². The Balaban J connectivity index is 1.59. The fourth-order valence-corrected chi connectivity index (χ4v) is 3.70. The van der Waals surface area contributed by atoms with Crippen molar-refractivity contribution in [2.24, 2.45) is 17.8 Å². The highest BCUT2D eigenvalue weighted by Gasteiger charge is 2.36. The number of likely N-dealkylation sites (tertiary alicyclic amines) is 1. The first-order valence-electron chi connectivity index (χ1n) is 8.33. The van der Waals surface area contributed by atoms with Crippen molar-refractivity contribution < 1.29 is 14.7 Å². The largest absolute Gasteiger partial charge is 0.481 e. The highest BCUT2D eigenvalue weighted by molar-refractivity contribution is 5.82. The van der Waals surface area contributed by atoms with Crippen LogP contribution in [0.3, 0.4) is 0 Å². The molecule has 1 aliphatic heterocycles. The Hall–Kier alpha value is -2.10. The third-order valence-electron chi connectivity index (χ3n) is 5.07. The molecule has 23 heavy (non-hydrogen) atoms. The summed E-state index contributed by atoms with van der Waals surface area (Å²) in [6, 6.07) is 9.53. The molecule has 0 saturated carbocycles. The van der Waals surface area contributed by atoms with Crippen molar-refractivity contribution in [3.05, 3.63) is 48.0 Å². The number of rotatable bonds is 5. The number of nitrogens with zero attached hydrogens (tertiary/aromatic N) is 1. The molecule has 4 nitrogen and oxygen atoms in total. The predicted octanol–water partition coefficient (Wildman–Crippen LogP) is 2.74. The maximum atomic E-state index is 12.5. The third-order valence-corrected chi connectivity index (χ3v) is 5.07. The lowest BCUT2D eigenvalue weighted by Gasteiger charge is -2.19. The minimum atomic E-state index is -0.888. The van der Waals surface area contributed by atoms with Gasteiger partial charge in [-0.1, -0.05) is 42.5 Å². The molecule has 4 heteroatoms. The Morgan fingerprint density at radius 1 is 1.09 bits per heavy atom. The summed E-state index contributed by atoms with van der Waals surface area (Å²) in [7, 11) is 0. The van der Waals surface area contributed by atoms with E-state index < -0.39 is 11.9 Å². The molecular weight excluding hydrogens is 290 g/mol. The summed E-state index contributed by atoms with van der Waals surface area (Å²) >= 11 is 0. The van der Waals surface area contributed by atoms with Crippen LogP contribution in [0.4, 0.5) is 0 Å². The van der Waals surface area contributed by atoms with E-state index >= 15 is 0 Å². The van der Waals surface area contributed by atoms with E-state index in [0.717, 1.165) is 31.5 Å². The maximum Gasteiger partial charge on any atom is 0.307 e. The molecule has 122 valence electrons. The Bertz CT molecular complexity index is 580. The van der Waals surface area contributed by atoms with Gasteiger partial charge < -0.3 is 10.0 Å². The summed E-state index contributed by atoms with van der Waals surface area (Å²) in [4.78, 5) is 25.9. The van der Waals surface area contributed by atoms with E-state index in [4.69, 9.17) is 0 Å². The van der Waals surface area contributed by atoms with E-state index in [2.05, 4.69) is 12.2 Å². The van der Waals surface area contributed by atoms with E-state index in [9.17, 15) is 14.7 Å². The van der Waals surface area contributed by atoms with Crippen molar-refractivity contribution in [1.29, 1.82) is 0 Å². The molecule has 1 fully saturated rings. The molecule has 1 amide bonds. The Labute approximate surface area is 136 Å². The number of amides is 1. The number of allylic oxidation sites excluding steroid dienone is 2. The van der Waals surface area contributed by atoms with Crippen LogP contribution in [-0.2, 0) is 16.0 Å². The van der Waals surface area contributed by atoms with E-state index in [1.165, 1.54) is 0 Å². The molecule has 3 rings (SSSR count). The van der Waals surface area contributed by atoms with Crippen LogP contribution in [0.25, 0.3) is 0 Å². The van der Waals surface area contributed by atoms with Crippen LogP contribution in [0.15, 0.2) is 42.5 Å². The molecule has 0 unspecified atom stereocenters. The maximum absolute atomic E-state index is 12.5. The summed E-state index contributed by atoms with van der Waals surface area (Å²) in [6.45, 7) is 1.57. The van der Waals surface area contributed by atoms with Crippen molar-refractivity contribution in [3.63, 3.8) is 0 Å². The zero-order valence-corrected chi connectivity index (χ0v) is 13.2. The Morgan fingerprint density at radius 2 is 1.70 bits per heavy atom. The van der Waals surface area contributed by atoms with Crippen molar-refractivity contribution in [1.82, 2.24) is 4.90 Å². The van der Waals surface area contributed by atoms with Crippen LogP contribution >= 0.6 is 0 Å². The zero-order valence-electron chi connectivity index (χ0n) is 13.2. The van der Waals surface area contributed by atoms with Crippen LogP contribution in [0, 0.1) is 17.8 Å². The standard InChI is InChI=1S/C19H23NO3/c21-18(20-12-15-8-4-5-9-16(15)13-20)11-17(19(22)23)10-14-6-2-1-3-7-14/h1-7,15-17H,8-13H2,(H,22,23)/t15-,16+,17-/m0/s1. The van der Waals surface area contributed by atoms with Crippen LogP contribution in [0.5, 0.6) is 0 Å². The number of fused-ring (bicyclic) bond motifs is 1. The number of carboxylic acid groups (broad SMARTS) is 1. The van der Waals surface area contributed by atoms with Gasteiger partial charge in [-0.3, -0.25) is 9.59 Å². The average Bonchev–Trinajstić information content (AvgIpc) is 2.99. The molecular formula is C19H23NO3. The second-order valence-electron chi connectivity index (χ2n) is 6.69. The monoisotopic (exact) mass is 313 g/mol. The molecule has 0 spiro atoms. The number of hydrogen-bond donors (Lipinski definition) is 1. The van der Waals surface area contributed by atoms with Crippen LogP contribution in [0.2, 0.25) is 0 Å². The van der Waals surface area contributed by atoms with Gasteiger partial charge in [0.2, 0.25) is 5.91 Å². The number of benzene rings is 1. The number of carbonyl (C=O) groups is 2. The highest BCUT2D eigenvalue weighted by atomic mass is 16.4. The zero-order chi connectivity index (χ0) is 16.2. The highest BCUT2D eigenvalue weighted by Crippen LogP contribution is 2.33. The van der Waals surface area contributed by atoms with Gasteiger partial charge in [0.1, 0.15) is 0 Å². The summed E-state index contributed by atoms with van der Waals surface area (Å²) in [6.07, 6.45) is 6.98. The van der Waals surface area contributed by atoms with Crippen molar-refractivity contribution in [2.75, 3.05) is 13.1 Å². The molecule has 3 atom stereocenters. The number of carbonyl (C=O) groups excluding carboxylic acids is 1. The molecule has 1 aromatic rings. The van der Waals surface area contributed by atoms with Gasteiger partial charge in [0.15, 0.2) is 0 Å². The molecule has 1 aliphatic carbocycles. The minimum absolute atomic E-state index is 0.0114. The average molecular weight is 313 g/mol. The van der Waals surface area contributed by atoms with Crippen LogP contribution < -0.4 is 0 Å². The number of hydrogen-bond acceptors (Lipinski definition) is 2. The summed E-state index contributed by atoms with van der Waals surface area (Å²) in [5, 5.41) is 9.45. The van der Waals surface area contributed by atoms with Gasteiger partial charge >= 0.3 is 5.97 Å². The summed E-state index contributed by atoms with van der Waals surface area (Å²) < 4.78 is 0. The van der Waals surface area contributed by atoms with Gasteiger partial charge in [0.25, 0.3) is 0 Å². The van der Waals surface area contributed by atoms with Crippen molar-refractivity contribution in [2.45, 2.75) is 25.7 Å². The van der Waals surface area contributed by atoms with Gasteiger partial charge in [-0.15, -0.1) is 0 Å². The van der Waals surface area contributed by atoms with E-state index in [-0.39, 0.29) is 12.3 Å². The van der Waals surface area contributed by atoms with E-state index in [0.29, 0.717) is 18.3 Å². The molecule has 1 heterocycles. The SMILES string of the molecule is O=C(O)[C@H](CC(=O)N1C[C@H]2CC=CC[C@H]2C1)Cc1ccccc1. The normalized spacial score (nSPS) is 24.3. The second-order valence-corrected chi connectivity index (χ2v) is 6.69. The fourth-order valence-electron chi connectivity index (χ4n) is 3.70. The summed E-state index contributed by atoms with van der Waals surface area (Å²) in [5.74, 6) is -0.434. The molecule has 1 aromatic carbocycles. The molecule has 0 radical (unpaired) electrons. The van der Waals surface area contributed by atoms with Gasteiger partial charge in [0.05, 0.1) is 5.92 Å².